The van der Waals surface area contributed by atoms with Crippen molar-refractivity contribution in [1.29, 1.82) is 0 Å². The molecule has 1 aliphatic heterocycles. The average Bonchev–Trinajstić information content (AvgIpc) is 2.25. The van der Waals surface area contributed by atoms with Crippen molar-refractivity contribution in [3.05, 3.63) is 10.6 Å². The minimum atomic E-state index is 0.436. The molecular formula is C10H17Cl2NO. The molecule has 1 unspecified atom stereocenters. The van der Waals surface area contributed by atoms with Crippen LogP contribution in [0.4, 0.5) is 0 Å². The summed E-state index contributed by atoms with van der Waals surface area (Å²) < 4.78 is 5.38. The van der Waals surface area contributed by atoms with Crippen molar-refractivity contribution in [3.63, 3.8) is 0 Å². The molecule has 82 valence electrons. The van der Waals surface area contributed by atoms with Crippen molar-refractivity contribution in [3.8, 4) is 0 Å². The molecule has 4 heteroatoms. The summed E-state index contributed by atoms with van der Waals surface area (Å²) in [5.74, 6) is 0.766. The Morgan fingerprint density at radius 1 is 1.57 bits per heavy atom. The van der Waals surface area contributed by atoms with Crippen LogP contribution in [-0.2, 0) is 4.74 Å². The second kappa shape index (κ2) is 7.52. The Labute approximate surface area is 95.6 Å². The Hall–Kier alpha value is 0.240. The second-order valence-corrected chi connectivity index (χ2v) is 4.31. The molecule has 0 saturated carbocycles. The summed E-state index contributed by atoms with van der Waals surface area (Å²) in [6.45, 7) is 3.50. The number of halogens is 2. The van der Waals surface area contributed by atoms with Crippen LogP contribution in [0, 0.1) is 5.92 Å². The zero-order valence-electron chi connectivity index (χ0n) is 8.27. The highest BCUT2D eigenvalue weighted by Gasteiger charge is 2.12. The number of nitrogens with one attached hydrogen (secondary N) is 1. The molecule has 0 aliphatic carbocycles. The summed E-state index contributed by atoms with van der Waals surface area (Å²) in [4.78, 5) is 0. The van der Waals surface area contributed by atoms with Crippen molar-refractivity contribution in [2.45, 2.75) is 19.3 Å². The summed E-state index contributed by atoms with van der Waals surface area (Å²) in [5, 5.41) is 3.94. The van der Waals surface area contributed by atoms with Gasteiger partial charge in [-0.1, -0.05) is 23.2 Å². The Balaban J connectivity index is 1.97. The molecule has 1 heterocycles. The van der Waals surface area contributed by atoms with Gasteiger partial charge in [0.2, 0.25) is 0 Å². The largest absolute Gasteiger partial charge is 0.376 e. The molecule has 1 saturated heterocycles. The summed E-state index contributed by atoms with van der Waals surface area (Å²) in [6.07, 6.45) is 3.71. The van der Waals surface area contributed by atoms with Crippen LogP contribution < -0.4 is 5.32 Å². The van der Waals surface area contributed by atoms with Gasteiger partial charge in [0.15, 0.2) is 0 Å². The first-order valence-corrected chi connectivity index (χ1v) is 5.87. The lowest BCUT2D eigenvalue weighted by Crippen LogP contribution is -2.30. The monoisotopic (exact) mass is 237 g/mol. The molecule has 0 radical (unpaired) electrons. The molecule has 1 N–H and O–H groups in total. The van der Waals surface area contributed by atoms with E-state index in [9.17, 15) is 0 Å². The first kappa shape index (κ1) is 12.3. The first-order chi connectivity index (χ1) is 6.83. The Bertz CT molecular complexity index is 179. The van der Waals surface area contributed by atoms with E-state index >= 15 is 0 Å². The molecule has 0 spiro atoms. The van der Waals surface area contributed by atoms with E-state index in [1.54, 1.807) is 0 Å². The first-order valence-electron chi connectivity index (χ1n) is 5.06. The second-order valence-electron chi connectivity index (χ2n) is 3.61. The molecule has 1 aliphatic rings. The maximum atomic E-state index is 5.68. The summed E-state index contributed by atoms with van der Waals surface area (Å²) >= 11 is 11.1. The molecule has 1 fully saturated rings. The highest BCUT2D eigenvalue weighted by molar-refractivity contribution is 6.36. The number of piperidine rings is 1. The van der Waals surface area contributed by atoms with E-state index in [1.807, 2.05) is 0 Å². The highest BCUT2D eigenvalue weighted by atomic mass is 35.5. The maximum absolute atomic E-state index is 5.68. The molecule has 0 aromatic carbocycles. The highest BCUT2D eigenvalue weighted by Crippen LogP contribution is 2.14. The number of hydrogen-bond acceptors (Lipinski definition) is 2. The third kappa shape index (κ3) is 5.20. The molecule has 0 aromatic rings. The predicted octanol–water partition coefficient (Wildman–Crippen LogP) is 2.71. The minimum absolute atomic E-state index is 0.436. The summed E-state index contributed by atoms with van der Waals surface area (Å²) in [6, 6.07) is 0. The van der Waals surface area contributed by atoms with Gasteiger partial charge in [-0.2, -0.15) is 0 Å². The smallest absolute Gasteiger partial charge is 0.0831 e. The van der Waals surface area contributed by atoms with E-state index in [0.717, 1.165) is 32.0 Å². The maximum Gasteiger partial charge on any atom is 0.0831 e. The molecule has 0 aromatic heterocycles. The lowest BCUT2D eigenvalue weighted by molar-refractivity contribution is 0.138. The van der Waals surface area contributed by atoms with Crippen LogP contribution >= 0.6 is 23.2 Å². The van der Waals surface area contributed by atoms with Gasteiger partial charge in [0.1, 0.15) is 0 Å². The SMILES string of the molecule is ClC=C(Cl)COCCC1CCCNC1. The fraction of sp³-hybridized carbons (Fsp3) is 0.800. The van der Waals surface area contributed by atoms with E-state index in [-0.39, 0.29) is 0 Å². The average molecular weight is 238 g/mol. The molecule has 1 atom stereocenters. The topological polar surface area (TPSA) is 21.3 Å². The van der Waals surface area contributed by atoms with E-state index in [2.05, 4.69) is 5.32 Å². The third-order valence-electron chi connectivity index (χ3n) is 2.43. The summed E-state index contributed by atoms with van der Waals surface area (Å²) in [7, 11) is 0. The van der Waals surface area contributed by atoms with Crippen molar-refractivity contribution < 1.29 is 4.74 Å². The van der Waals surface area contributed by atoms with E-state index in [1.165, 1.54) is 18.4 Å². The Morgan fingerprint density at radius 2 is 2.43 bits per heavy atom. The Morgan fingerprint density at radius 3 is 3.07 bits per heavy atom. The van der Waals surface area contributed by atoms with Crippen molar-refractivity contribution in [2.24, 2.45) is 5.92 Å². The van der Waals surface area contributed by atoms with Crippen LogP contribution in [0.25, 0.3) is 0 Å². The van der Waals surface area contributed by atoms with E-state index < -0.39 is 0 Å². The molecule has 0 amide bonds. The lowest BCUT2D eigenvalue weighted by atomic mass is 9.97. The van der Waals surface area contributed by atoms with Gasteiger partial charge in [-0.05, 0) is 38.3 Å². The number of ether oxygens (including phenoxy) is 1. The standard InChI is InChI=1S/C10H17Cl2NO/c11-6-10(12)8-14-5-3-9-2-1-4-13-7-9/h6,9,13H,1-5,7-8H2. The fourth-order valence-corrected chi connectivity index (χ4v) is 1.76. The zero-order valence-corrected chi connectivity index (χ0v) is 9.78. The fourth-order valence-electron chi connectivity index (χ4n) is 1.62. The van der Waals surface area contributed by atoms with Gasteiger partial charge in [-0.15, -0.1) is 0 Å². The van der Waals surface area contributed by atoms with E-state index in [0.29, 0.717) is 11.6 Å². The number of hydrogen-bond donors (Lipinski definition) is 1. The molecule has 1 rings (SSSR count). The predicted molar refractivity (Wildman–Crippen MR) is 60.8 cm³/mol. The van der Waals surface area contributed by atoms with Gasteiger partial charge < -0.3 is 10.1 Å². The Kier molecular flexibility index (Phi) is 6.61. The lowest BCUT2D eigenvalue weighted by Gasteiger charge is -2.22. The van der Waals surface area contributed by atoms with E-state index in [4.69, 9.17) is 27.9 Å². The summed E-state index contributed by atoms with van der Waals surface area (Å²) in [5.41, 5.74) is 1.35. The molecule has 2 nitrogen and oxygen atoms in total. The van der Waals surface area contributed by atoms with Crippen LogP contribution in [0.1, 0.15) is 19.3 Å². The third-order valence-corrected chi connectivity index (χ3v) is 3.02. The van der Waals surface area contributed by atoms with Crippen LogP contribution in [0.2, 0.25) is 0 Å². The van der Waals surface area contributed by atoms with Crippen LogP contribution in [0.5, 0.6) is 0 Å². The van der Waals surface area contributed by atoms with Gasteiger partial charge in [-0.3, -0.25) is 0 Å². The van der Waals surface area contributed by atoms with Gasteiger partial charge in [0.25, 0.3) is 0 Å². The quantitative estimate of drug-likeness (QED) is 0.743. The van der Waals surface area contributed by atoms with Crippen molar-refractivity contribution in [1.82, 2.24) is 5.32 Å². The molecule has 14 heavy (non-hydrogen) atoms. The normalized spacial score (nSPS) is 23.9. The van der Waals surface area contributed by atoms with Gasteiger partial charge >= 0.3 is 0 Å². The molecular weight excluding hydrogens is 221 g/mol. The van der Waals surface area contributed by atoms with Gasteiger partial charge in [0, 0.05) is 12.1 Å². The zero-order chi connectivity index (χ0) is 10.2. The number of rotatable bonds is 5. The van der Waals surface area contributed by atoms with Gasteiger partial charge in [0.05, 0.1) is 11.6 Å². The van der Waals surface area contributed by atoms with Crippen molar-refractivity contribution in [2.75, 3.05) is 26.3 Å². The van der Waals surface area contributed by atoms with Crippen molar-refractivity contribution >= 4 is 23.2 Å². The minimum Gasteiger partial charge on any atom is -0.376 e. The molecule has 0 bridgehead atoms. The van der Waals surface area contributed by atoms with Crippen LogP contribution in [0.3, 0.4) is 0 Å². The van der Waals surface area contributed by atoms with Crippen LogP contribution in [-0.4, -0.2) is 26.3 Å². The van der Waals surface area contributed by atoms with Crippen LogP contribution in [0.15, 0.2) is 10.6 Å². The van der Waals surface area contributed by atoms with Gasteiger partial charge in [-0.25, -0.2) is 0 Å².